The number of carbonyl (C=O) groups excluding carboxylic acids is 2. The van der Waals surface area contributed by atoms with Crippen molar-refractivity contribution in [1.82, 2.24) is 0 Å². The molecule has 0 saturated carbocycles. The summed E-state index contributed by atoms with van der Waals surface area (Å²) >= 11 is 0. The summed E-state index contributed by atoms with van der Waals surface area (Å²) in [6.07, 6.45) is -7.22. The molecular weight excluding hydrogens is 342 g/mol. The molecule has 25 heavy (non-hydrogen) atoms. The Bertz CT molecular complexity index is 486. The van der Waals surface area contributed by atoms with E-state index in [0.29, 0.717) is 0 Å². The van der Waals surface area contributed by atoms with Crippen molar-refractivity contribution in [2.24, 2.45) is 16.6 Å². The SMILES string of the molecule is [N-]=[N+]=NCCOCCOCCC(O)(C(N)=O)C(O)C(O)C(O)C(N)=O. The average Bonchev–Trinajstić information content (AvgIpc) is 2.57. The Morgan fingerprint density at radius 1 is 1.12 bits per heavy atom. The van der Waals surface area contributed by atoms with E-state index in [9.17, 15) is 30.0 Å². The monoisotopic (exact) mass is 365 g/mol. The van der Waals surface area contributed by atoms with Crippen molar-refractivity contribution >= 4 is 11.8 Å². The van der Waals surface area contributed by atoms with E-state index in [-0.39, 0.29) is 33.0 Å². The molecular formula is C12H23N5O8. The number of nitrogens with zero attached hydrogens (tertiary/aromatic N) is 3. The van der Waals surface area contributed by atoms with Gasteiger partial charge in [0.25, 0.3) is 5.91 Å². The Kier molecular flexibility index (Phi) is 10.6. The van der Waals surface area contributed by atoms with Gasteiger partial charge in [0.1, 0.15) is 12.2 Å². The molecule has 144 valence electrons. The number of nitrogens with two attached hydrogens (primary N) is 2. The number of aliphatic hydroxyl groups is 4. The summed E-state index contributed by atoms with van der Waals surface area (Å²) in [4.78, 5) is 24.7. The summed E-state index contributed by atoms with van der Waals surface area (Å²) in [5.41, 5.74) is 15.2. The Morgan fingerprint density at radius 3 is 2.16 bits per heavy atom. The van der Waals surface area contributed by atoms with E-state index in [1.807, 2.05) is 0 Å². The van der Waals surface area contributed by atoms with E-state index in [1.165, 1.54) is 0 Å². The summed E-state index contributed by atoms with van der Waals surface area (Å²) in [5.74, 6) is -2.74. The van der Waals surface area contributed by atoms with E-state index in [1.54, 1.807) is 0 Å². The van der Waals surface area contributed by atoms with Crippen molar-refractivity contribution in [2.45, 2.75) is 30.3 Å². The van der Waals surface area contributed by atoms with E-state index >= 15 is 0 Å². The van der Waals surface area contributed by atoms with Crippen LogP contribution in [0.25, 0.3) is 10.4 Å². The second kappa shape index (κ2) is 11.5. The minimum absolute atomic E-state index is 0.0632. The van der Waals surface area contributed by atoms with Crippen LogP contribution in [0.3, 0.4) is 0 Å². The summed E-state index contributed by atoms with van der Waals surface area (Å²) in [5, 5.41) is 42.2. The number of amides is 2. The van der Waals surface area contributed by atoms with Crippen molar-refractivity contribution in [3.8, 4) is 0 Å². The van der Waals surface area contributed by atoms with Crippen molar-refractivity contribution in [2.75, 3.05) is 33.0 Å². The minimum atomic E-state index is -2.65. The van der Waals surface area contributed by atoms with E-state index in [2.05, 4.69) is 10.0 Å². The van der Waals surface area contributed by atoms with Gasteiger partial charge in [-0.3, -0.25) is 9.59 Å². The summed E-state index contributed by atoms with van der Waals surface area (Å²) in [7, 11) is 0. The Morgan fingerprint density at radius 2 is 1.68 bits per heavy atom. The maximum absolute atomic E-state index is 11.4. The second-order valence-corrected chi connectivity index (χ2v) is 5.00. The highest BCUT2D eigenvalue weighted by Crippen LogP contribution is 2.20. The fourth-order valence-electron chi connectivity index (χ4n) is 1.74. The number of hydrogen-bond acceptors (Lipinski definition) is 9. The third-order valence-corrected chi connectivity index (χ3v) is 3.25. The molecule has 0 saturated heterocycles. The standard InChI is InChI=1S/C12H23N5O8/c13-10(21)8(19)7(18)9(20)12(23,11(14)22)1-3-24-5-6-25-4-2-16-17-15/h7-9,18-20,23H,1-6H2,(H2,13,21)(H2,14,22). The highest BCUT2D eigenvalue weighted by atomic mass is 16.5. The molecule has 0 fully saturated rings. The van der Waals surface area contributed by atoms with Gasteiger partial charge >= 0.3 is 0 Å². The number of primary amides is 2. The molecule has 0 rings (SSSR count). The summed E-state index contributed by atoms with van der Waals surface area (Å²) in [6, 6.07) is 0. The van der Waals surface area contributed by atoms with Crippen molar-refractivity contribution in [3.63, 3.8) is 0 Å². The molecule has 4 atom stereocenters. The minimum Gasteiger partial charge on any atom is -0.387 e. The van der Waals surface area contributed by atoms with Crippen molar-refractivity contribution in [3.05, 3.63) is 10.4 Å². The molecule has 8 N–H and O–H groups in total. The number of azide groups is 1. The van der Waals surface area contributed by atoms with Gasteiger partial charge in [0, 0.05) is 17.9 Å². The Hall–Kier alpha value is -1.99. The molecule has 0 radical (unpaired) electrons. The predicted molar refractivity (Wildman–Crippen MR) is 81.6 cm³/mol. The summed E-state index contributed by atoms with van der Waals surface area (Å²) in [6.45, 7) is 0.295. The first-order valence-corrected chi connectivity index (χ1v) is 7.20. The van der Waals surface area contributed by atoms with Crippen LogP contribution in [0.1, 0.15) is 6.42 Å². The topological polar surface area (TPSA) is 234 Å². The van der Waals surface area contributed by atoms with Crippen molar-refractivity contribution < 1.29 is 39.5 Å². The lowest BCUT2D eigenvalue weighted by Crippen LogP contribution is -2.61. The van der Waals surface area contributed by atoms with Gasteiger partial charge in [0.05, 0.1) is 26.4 Å². The molecule has 0 aromatic carbocycles. The molecule has 0 aliphatic rings. The largest absolute Gasteiger partial charge is 0.387 e. The number of aliphatic hydroxyl groups excluding tert-OH is 3. The normalized spacial score (nSPS) is 17.0. The molecule has 13 nitrogen and oxygen atoms in total. The van der Waals surface area contributed by atoms with Gasteiger partial charge in [0.15, 0.2) is 11.7 Å². The molecule has 0 spiro atoms. The fourth-order valence-corrected chi connectivity index (χ4v) is 1.74. The number of carbonyl (C=O) groups is 2. The zero-order chi connectivity index (χ0) is 19.5. The third kappa shape index (κ3) is 7.62. The van der Waals surface area contributed by atoms with Crippen LogP contribution in [-0.4, -0.2) is 89.1 Å². The first-order chi connectivity index (χ1) is 11.7. The van der Waals surface area contributed by atoms with Gasteiger partial charge < -0.3 is 41.4 Å². The third-order valence-electron chi connectivity index (χ3n) is 3.25. The van der Waals surface area contributed by atoms with Gasteiger partial charge in [-0.05, 0) is 5.53 Å². The lowest BCUT2D eigenvalue weighted by atomic mass is 9.86. The van der Waals surface area contributed by atoms with Crippen LogP contribution in [0.4, 0.5) is 0 Å². The zero-order valence-corrected chi connectivity index (χ0v) is 13.4. The Labute approximate surface area is 142 Å². The van der Waals surface area contributed by atoms with Crippen LogP contribution in [0.5, 0.6) is 0 Å². The molecule has 0 bridgehead atoms. The first-order valence-electron chi connectivity index (χ1n) is 7.20. The van der Waals surface area contributed by atoms with Crippen LogP contribution >= 0.6 is 0 Å². The van der Waals surface area contributed by atoms with Crippen LogP contribution in [0.15, 0.2) is 5.11 Å². The van der Waals surface area contributed by atoms with Crippen LogP contribution in [-0.2, 0) is 19.1 Å². The van der Waals surface area contributed by atoms with E-state index < -0.39 is 42.1 Å². The zero-order valence-electron chi connectivity index (χ0n) is 13.4. The van der Waals surface area contributed by atoms with Gasteiger partial charge in [-0.2, -0.15) is 0 Å². The molecule has 0 aromatic rings. The van der Waals surface area contributed by atoms with E-state index in [0.717, 1.165) is 0 Å². The molecule has 0 aromatic heterocycles. The second-order valence-electron chi connectivity index (χ2n) is 5.00. The fraction of sp³-hybridized carbons (Fsp3) is 0.833. The average molecular weight is 365 g/mol. The highest BCUT2D eigenvalue weighted by Gasteiger charge is 2.47. The molecule has 13 heteroatoms. The Balaban J connectivity index is 4.41. The molecule has 0 aliphatic heterocycles. The molecule has 0 heterocycles. The maximum atomic E-state index is 11.4. The lowest BCUT2D eigenvalue weighted by molar-refractivity contribution is -0.178. The van der Waals surface area contributed by atoms with Crippen molar-refractivity contribution in [1.29, 1.82) is 0 Å². The number of hydrogen-bond donors (Lipinski definition) is 6. The maximum Gasteiger partial charge on any atom is 0.252 e. The van der Waals surface area contributed by atoms with Gasteiger partial charge in [-0.1, -0.05) is 5.11 Å². The molecule has 4 unspecified atom stereocenters. The molecule has 0 aliphatic carbocycles. The van der Waals surface area contributed by atoms with Crippen LogP contribution < -0.4 is 11.5 Å². The first kappa shape index (κ1) is 23.0. The number of ether oxygens (including phenoxy) is 2. The molecule has 2 amide bonds. The predicted octanol–water partition coefficient (Wildman–Crippen LogP) is -3.50. The van der Waals surface area contributed by atoms with Gasteiger partial charge in [0.2, 0.25) is 5.91 Å². The van der Waals surface area contributed by atoms with Crippen LogP contribution in [0, 0.1) is 0 Å². The van der Waals surface area contributed by atoms with Gasteiger partial charge in [-0.25, -0.2) is 0 Å². The quantitative estimate of drug-likeness (QED) is 0.0779. The van der Waals surface area contributed by atoms with E-state index in [4.69, 9.17) is 26.5 Å². The van der Waals surface area contributed by atoms with Crippen LogP contribution in [0.2, 0.25) is 0 Å². The number of rotatable bonds is 14. The highest BCUT2D eigenvalue weighted by molar-refractivity contribution is 5.84. The van der Waals surface area contributed by atoms with Gasteiger partial charge in [-0.15, -0.1) is 0 Å². The lowest BCUT2D eigenvalue weighted by Gasteiger charge is -2.33. The summed E-state index contributed by atoms with van der Waals surface area (Å²) < 4.78 is 10.1. The smallest absolute Gasteiger partial charge is 0.252 e.